The van der Waals surface area contributed by atoms with Crippen molar-refractivity contribution in [2.75, 3.05) is 6.54 Å². The molecule has 3 heterocycles. The van der Waals surface area contributed by atoms with Crippen molar-refractivity contribution in [1.29, 1.82) is 0 Å². The van der Waals surface area contributed by atoms with Crippen LogP contribution in [0.15, 0.2) is 17.6 Å². The Morgan fingerprint density at radius 2 is 2.04 bits per heavy atom. The number of hydrogen-bond donors (Lipinski definition) is 1. The molecule has 8 heteroatoms. The maximum absolute atomic E-state index is 11.6. The molecule has 2 fully saturated rings. The Morgan fingerprint density at radius 1 is 1.32 bits per heavy atom. The van der Waals surface area contributed by atoms with Crippen LogP contribution in [-0.2, 0) is 14.1 Å². The Hall–Kier alpha value is -1.64. The van der Waals surface area contributed by atoms with Gasteiger partial charge in [0.15, 0.2) is 0 Å². The van der Waals surface area contributed by atoms with E-state index in [4.69, 9.17) is 14.0 Å². The summed E-state index contributed by atoms with van der Waals surface area (Å²) in [6, 6.07) is 4.03. The third kappa shape index (κ3) is 3.42. The van der Waals surface area contributed by atoms with Crippen LogP contribution < -0.4 is 15.5 Å². The van der Waals surface area contributed by atoms with Crippen LogP contribution in [0.4, 0.5) is 0 Å². The Labute approximate surface area is 170 Å². The van der Waals surface area contributed by atoms with Gasteiger partial charge in [0.25, 0.3) is 0 Å². The van der Waals surface area contributed by atoms with Gasteiger partial charge >= 0.3 is 7.12 Å². The molecule has 2 aliphatic heterocycles. The molecule has 1 N–H and O–H groups in total. The minimum atomic E-state index is -0.465. The van der Waals surface area contributed by atoms with Gasteiger partial charge in [-0.3, -0.25) is 4.79 Å². The molecular formula is C20H27BN2O4S. The minimum Gasteiger partial charge on any atom is -0.489 e. The molecule has 0 radical (unpaired) electrons. The van der Waals surface area contributed by atoms with E-state index >= 15 is 0 Å². The van der Waals surface area contributed by atoms with Gasteiger partial charge in [0, 0.05) is 18.9 Å². The van der Waals surface area contributed by atoms with E-state index in [0.717, 1.165) is 27.8 Å². The molecule has 4 rings (SSSR count). The number of benzene rings is 1. The smallest absolute Gasteiger partial charge is 0.489 e. The van der Waals surface area contributed by atoms with Gasteiger partial charge < -0.3 is 19.4 Å². The Morgan fingerprint density at radius 3 is 2.64 bits per heavy atom. The van der Waals surface area contributed by atoms with Crippen molar-refractivity contribution >= 4 is 40.0 Å². The van der Waals surface area contributed by atoms with E-state index in [1.165, 1.54) is 0 Å². The Balaban J connectivity index is 1.65. The second kappa shape index (κ2) is 7.00. The number of hydrogen-bond acceptors (Lipinski definition) is 6. The lowest BCUT2D eigenvalue weighted by atomic mass is 9.79. The van der Waals surface area contributed by atoms with Gasteiger partial charge in [-0.2, -0.15) is 0 Å². The molecule has 2 aromatic rings. The molecule has 0 spiro atoms. The average Bonchev–Trinajstić information content (AvgIpc) is 3.31. The van der Waals surface area contributed by atoms with Crippen molar-refractivity contribution in [3.8, 4) is 5.75 Å². The van der Waals surface area contributed by atoms with Gasteiger partial charge in [0.1, 0.15) is 11.9 Å². The van der Waals surface area contributed by atoms with Crippen molar-refractivity contribution in [2.45, 2.75) is 64.8 Å². The zero-order valence-electron chi connectivity index (χ0n) is 17.1. The number of ether oxygens (including phenoxy) is 1. The molecule has 0 saturated carbocycles. The molecule has 28 heavy (non-hydrogen) atoms. The first-order valence-electron chi connectivity index (χ1n) is 9.86. The predicted molar refractivity (Wildman–Crippen MR) is 111 cm³/mol. The molecule has 2 atom stereocenters. The number of fused-ring (bicyclic) bond motifs is 1. The van der Waals surface area contributed by atoms with Crippen molar-refractivity contribution in [3.63, 3.8) is 0 Å². The lowest BCUT2D eigenvalue weighted by Gasteiger charge is -2.32. The highest BCUT2D eigenvalue weighted by atomic mass is 32.1. The van der Waals surface area contributed by atoms with Crippen molar-refractivity contribution in [2.24, 2.45) is 5.92 Å². The maximum atomic E-state index is 11.6. The second-order valence-corrected chi connectivity index (χ2v) is 9.50. The molecule has 1 amide bonds. The zero-order valence-corrected chi connectivity index (χ0v) is 17.9. The van der Waals surface area contributed by atoms with Crippen LogP contribution in [0.2, 0.25) is 0 Å². The first kappa shape index (κ1) is 19.7. The normalized spacial score (nSPS) is 24.5. The number of aromatic nitrogens is 1. The quantitative estimate of drug-likeness (QED) is 0.779. The molecule has 6 nitrogen and oxygen atoms in total. The number of nitrogens with one attached hydrogen (secondary N) is 1. The van der Waals surface area contributed by atoms with Crippen LogP contribution >= 0.6 is 11.3 Å². The standard InChI is InChI=1S/C20H27BN2O4S/c1-6-15(12-7-17(24)22-10-12)25-16-9-13(8-14-18(16)28-11-23-14)21-26-19(2,3)20(4,5)27-21/h8-9,11-12,15H,6-7,10H2,1-5H3,(H,22,24)/t12-,15?/m1/s1. The molecule has 1 aromatic carbocycles. The van der Waals surface area contributed by atoms with Gasteiger partial charge in [0.05, 0.1) is 26.9 Å². The van der Waals surface area contributed by atoms with E-state index in [9.17, 15) is 4.79 Å². The maximum Gasteiger partial charge on any atom is 0.495 e. The van der Waals surface area contributed by atoms with Gasteiger partial charge in [-0.15, -0.1) is 11.3 Å². The van der Waals surface area contributed by atoms with Crippen LogP contribution in [0.3, 0.4) is 0 Å². The summed E-state index contributed by atoms with van der Waals surface area (Å²) in [7, 11) is -0.465. The van der Waals surface area contributed by atoms with Gasteiger partial charge in [-0.1, -0.05) is 6.92 Å². The second-order valence-electron chi connectivity index (χ2n) is 8.64. The summed E-state index contributed by atoms with van der Waals surface area (Å²) >= 11 is 1.56. The molecule has 150 valence electrons. The fraction of sp³-hybridized carbons (Fsp3) is 0.600. The molecule has 0 bridgehead atoms. The highest BCUT2D eigenvalue weighted by Gasteiger charge is 2.52. The number of amides is 1. The van der Waals surface area contributed by atoms with E-state index in [-0.39, 0.29) is 17.9 Å². The van der Waals surface area contributed by atoms with Crippen molar-refractivity contribution in [1.82, 2.24) is 10.3 Å². The minimum absolute atomic E-state index is 0.0298. The van der Waals surface area contributed by atoms with E-state index in [1.807, 2.05) is 45.3 Å². The SMILES string of the molecule is CCC(Oc1cc(B2OC(C)(C)C(C)(C)O2)cc2ncsc12)[C@H]1CNC(=O)C1. The Bertz CT molecular complexity index is 881. The fourth-order valence-corrected chi connectivity index (χ4v) is 4.45. The number of rotatable bonds is 5. The highest BCUT2D eigenvalue weighted by Crippen LogP contribution is 2.38. The van der Waals surface area contributed by atoms with Crippen LogP contribution in [0.1, 0.15) is 47.5 Å². The van der Waals surface area contributed by atoms with Crippen LogP contribution in [0.5, 0.6) is 5.75 Å². The number of thiazole rings is 1. The number of nitrogens with zero attached hydrogens (tertiary/aromatic N) is 1. The molecule has 1 aromatic heterocycles. The Kier molecular flexibility index (Phi) is 4.92. The lowest BCUT2D eigenvalue weighted by Crippen LogP contribution is -2.41. The van der Waals surface area contributed by atoms with Crippen molar-refractivity contribution in [3.05, 3.63) is 17.6 Å². The summed E-state index contributed by atoms with van der Waals surface area (Å²) in [5.74, 6) is 1.07. The monoisotopic (exact) mass is 402 g/mol. The molecular weight excluding hydrogens is 375 g/mol. The summed E-state index contributed by atoms with van der Waals surface area (Å²) in [5, 5.41) is 2.91. The number of carbonyl (C=O) groups excluding carboxylic acids is 1. The first-order valence-corrected chi connectivity index (χ1v) is 10.7. The third-order valence-corrected chi connectivity index (χ3v) is 7.02. The fourth-order valence-electron chi connectivity index (χ4n) is 3.73. The largest absolute Gasteiger partial charge is 0.495 e. The van der Waals surface area contributed by atoms with E-state index in [2.05, 4.69) is 17.2 Å². The summed E-state index contributed by atoms with van der Waals surface area (Å²) in [6.45, 7) is 10.9. The van der Waals surface area contributed by atoms with Crippen molar-refractivity contribution < 1.29 is 18.8 Å². The van der Waals surface area contributed by atoms with Gasteiger partial charge in [-0.05, 0) is 51.7 Å². The molecule has 2 aliphatic rings. The summed E-state index contributed by atoms with van der Waals surface area (Å²) in [4.78, 5) is 16.1. The van der Waals surface area contributed by atoms with Crippen LogP contribution in [0.25, 0.3) is 10.2 Å². The number of carbonyl (C=O) groups is 1. The first-order chi connectivity index (χ1) is 13.2. The van der Waals surface area contributed by atoms with Gasteiger partial charge in [-0.25, -0.2) is 4.98 Å². The van der Waals surface area contributed by atoms with E-state index in [1.54, 1.807) is 11.3 Å². The lowest BCUT2D eigenvalue weighted by molar-refractivity contribution is -0.119. The zero-order chi connectivity index (χ0) is 20.1. The van der Waals surface area contributed by atoms with Crippen LogP contribution in [-0.4, -0.2) is 41.9 Å². The average molecular weight is 402 g/mol. The summed E-state index contributed by atoms with van der Waals surface area (Å²) in [5.41, 5.74) is 2.80. The summed E-state index contributed by atoms with van der Waals surface area (Å²) < 4.78 is 19.9. The third-order valence-electron chi connectivity index (χ3n) is 6.16. The van der Waals surface area contributed by atoms with Gasteiger partial charge in [0.2, 0.25) is 5.91 Å². The van der Waals surface area contributed by atoms with Crippen LogP contribution in [0, 0.1) is 5.92 Å². The summed E-state index contributed by atoms with van der Waals surface area (Å²) in [6.07, 6.45) is 1.32. The topological polar surface area (TPSA) is 69.7 Å². The predicted octanol–water partition coefficient (Wildman–Crippen LogP) is 2.89. The van der Waals surface area contributed by atoms with E-state index < -0.39 is 18.3 Å². The highest BCUT2D eigenvalue weighted by molar-refractivity contribution is 7.17. The molecule has 0 aliphatic carbocycles. The molecule has 2 saturated heterocycles. The van der Waals surface area contributed by atoms with E-state index in [0.29, 0.717) is 13.0 Å². The molecule has 1 unspecified atom stereocenters.